The lowest BCUT2D eigenvalue weighted by molar-refractivity contribution is 0.289. The molecule has 0 N–H and O–H groups in total. The molecule has 0 aliphatic carbocycles. The van der Waals surface area contributed by atoms with Crippen LogP contribution < -0.4 is 0 Å². The van der Waals surface area contributed by atoms with Gasteiger partial charge in [0.2, 0.25) is 0 Å². The third-order valence-corrected chi connectivity index (χ3v) is 2.59. The molecule has 0 heterocycles. The molecule has 0 amide bonds. The molecule has 9 heavy (non-hydrogen) atoms. The Labute approximate surface area is 59.7 Å². The molecule has 0 nitrogen and oxygen atoms in total. The zero-order valence-corrected chi connectivity index (χ0v) is 7.44. The Hall–Kier alpha value is 0. The summed E-state index contributed by atoms with van der Waals surface area (Å²) in [5.41, 5.74) is 0. The van der Waals surface area contributed by atoms with Crippen LogP contribution in [0.3, 0.4) is 0 Å². The van der Waals surface area contributed by atoms with Crippen molar-refractivity contribution in [1.29, 1.82) is 0 Å². The van der Waals surface area contributed by atoms with Crippen molar-refractivity contribution in [3.05, 3.63) is 0 Å². The van der Waals surface area contributed by atoms with Gasteiger partial charge < -0.3 is 0 Å². The molecule has 0 saturated carbocycles. The SMILES string of the molecule is CC[C@H](C)[C@H](C)C(C)C. The van der Waals surface area contributed by atoms with Crippen LogP contribution in [0, 0.1) is 17.8 Å². The van der Waals surface area contributed by atoms with Gasteiger partial charge >= 0.3 is 0 Å². The van der Waals surface area contributed by atoms with Gasteiger partial charge in [0.1, 0.15) is 0 Å². The van der Waals surface area contributed by atoms with E-state index in [0.29, 0.717) is 0 Å². The van der Waals surface area contributed by atoms with Crippen LogP contribution in [0.25, 0.3) is 0 Å². The Kier molecular flexibility index (Phi) is 3.92. The van der Waals surface area contributed by atoms with E-state index in [0.717, 1.165) is 17.8 Å². The molecule has 0 radical (unpaired) electrons. The molecule has 0 aliphatic heterocycles. The Morgan fingerprint density at radius 2 is 1.44 bits per heavy atom. The van der Waals surface area contributed by atoms with Crippen molar-refractivity contribution in [2.24, 2.45) is 17.8 Å². The molecule has 0 rings (SSSR count). The van der Waals surface area contributed by atoms with Crippen molar-refractivity contribution in [1.82, 2.24) is 0 Å². The van der Waals surface area contributed by atoms with Gasteiger partial charge in [-0.05, 0) is 17.8 Å². The van der Waals surface area contributed by atoms with Gasteiger partial charge in [-0.15, -0.1) is 0 Å². The molecule has 0 aromatic rings. The monoisotopic (exact) mass is 128 g/mol. The molecule has 56 valence electrons. The fraction of sp³-hybridized carbons (Fsp3) is 1.00. The Balaban J connectivity index is 3.58. The van der Waals surface area contributed by atoms with Crippen molar-refractivity contribution in [2.75, 3.05) is 0 Å². The summed E-state index contributed by atoms with van der Waals surface area (Å²) in [5.74, 6) is 2.62. The highest BCUT2D eigenvalue weighted by atomic mass is 14.2. The van der Waals surface area contributed by atoms with Crippen LogP contribution in [0.1, 0.15) is 41.0 Å². The average Bonchev–Trinajstić information content (AvgIpc) is 1.84. The van der Waals surface area contributed by atoms with Crippen LogP contribution in [0.4, 0.5) is 0 Å². The fourth-order valence-electron chi connectivity index (χ4n) is 1.03. The van der Waals surface area contributed by atoms with Crippen molar-refractivity contribution in [2.45, 2.75) is 41.0 Å². The maximum atomic E-state index is 2.35. The van der Waals surface area contributed by atoms with Crippen LogP contribution >= 0.6 is 0 Å². The first-order valence-electron chi connectivity index (χ1n) is 4.09. The highest BCUT2D eigenvalue weighted by Crippen LogP contribution is 2.21. The molecule has 0 heteroatoms. The van der Waals surface area contributed by atoms with E-state index in [4.69, 9.17) is 0 Å². The molecular formula is C9H20. The zero-order chi connectivity index (χ0) is 7.44. The van der Waals surface area contributed by atoms with Crippen LogP contribution in [-0.2, 0) is 0 Å². The second kappa shape index (κ2) is 3.92. The van der Waals surface area contributed by atoms with Gasteiger partial charge in [-0.1, -0.05) is 41.0 Å². The van der Waals surface area contributed by atoms with Gasteiger partial charge in [0.05, 0.1) is 0 Å². The first-order chi connectivity index (χ1) is 4.09. The normalized spacial score (nSPS) is 18.0. The summed E-state index contributed by atoms with van der Waals surface area (Å²) in [6, 6.07) is 0. The third kappa shape index (κ3) is 2.88. The van der Waals surface area contributed by atoms with E-state index in [9.17, 15) is 0 Å². The average molecular weight is 128 g/mol. The van der Waals surface area contributed by atoms with E-state index >= 15 is 0 Å². The summed E-state index contributed by atoms with van der Waals surface area (Å²) in [4.78, 5) is 0. The van der Waals surface area contributed by atoms with Crippen molar-refractivity contribution >= 4 is 0 Å². The summed E-state index contributed by atoms with van der Waals surface area (Å²) in [6.07, 6.45) is 1.32. The van der Waals surface area contributed by atoms with Gasteiger partial charge in [-0.3, -0.25) is 0 Å². The van der Waals surface area contributed by atoms with Crippen LogP contribution in [-0.4, -0.2) is 0 Å². The van der Waals surface area contributed by atoms with Crippen LogP contribution in [0.2, 0.25) is 0 Å². The topological polar surface area (TPSA) is 0 Å². The Morgan fingerprint density at radius 3 is 1.56 bits per heavy atom. The minimum Gasteiger partial charge on any atom is -0.0651 e. The van der Waals surface area contributed by atoms with Crippen molar-refractivity contribution in [3.8, 4) is 0 Å². The molecule has 0 bridgehead atoms. The lowest BCUT2D eigenvalue weighted by Gasteiger charge is -2.21. The highest BCUT2D eigenvalue weighted by molar-refractivity contribution is 4.62. The second-order valence-corrected chi connectivity index (χ2v) is 3.49. The van der Waals surface area contributed by atoms with Crippen LogP contribution in [0.15, 0.2) is 0 Å². The summed E-state index contributed by atoms with van der Waals surface area (Å²) in [7, 11) is 0. The largest absolute Gasteiger partial charge is 0.0651 e. The van der Waals surface area contributed by atoms with E-state index in [1.165, 1.54) is 6.42 Å². The minimum absolute atomic E-state index is 0.847. The van der Waals surface area contributed by atoms with Crippen LogP contribution in [0.5, 0.6) is 0 Å². The van der Waals surface area contributed by atoms with Gasteiger partial charge in [-0.2, -0.15) is 0 Å². The summed E-state index contributed by atoms with van der Waals surface area (Å²) >= 11 is 0. The smallest absolute Gasteiger partial charge is 0.0394 e. The van der Waals surface area contributed by atoms with E-state index in [1.807, 2.05) is 0 Å². The Morgan fingerprint density at radius 1 is 1.00 bits per heavy atom. The van der Waals surface area contributed by atoms with Crippen molar-refractivity contribution in [3.63, 3.8) is 0 Å². The zero-order valence-electron chi connectivity index (χ0n) is 7.44. The maximum Gasteiger partial charge on any atom is -0.0394 e. The molecule has 0 aromatic carbocycles. The fourth-order valence-corrected chi connectivity index (χ4v) is 1.03. The number of hydrogen-bond acceptors (Lipinski definition) is 0. The van der Waals surface area contributed by atoms with Gasteiger partial charge in [0, 0.05) is 0 Å². The molecule has 0 saturated heterocycles. The summed E-state index contributed by atoms with van der Waals surface area (Å²) in [5, 5.41) is 0. The maximum absolute atomic E-state index is 2.35. The lowest BCUT2D eigenvalue weighted by Crippen LogP contribution is -2.12. The predicted octanol–water partition coefficient (Wildman–Crippen LogP) is 3.32. The Bertz CT molecular complexity index is 64.4. The van der Waals surface area contributed by atoms with Crippen molar-refractivity contribution < 1.29 is 0 Å². The van der Waals surface area contributed by atoms with Gasteiger partial charge in [0.15, 0.2) is 0 Å². The highest BCUT2D eigenvalue weighted by Gasteiger charge is 2.12. The standard InChI is InChI=1S/C9H20/c1-6-8(4)9(5)7(2)3/h7-9H,6H2,1-5H3/t8-,9+/m0/s1. The van der Waals surface area contributed by atoms with E-state index in [2.05, 4.69) is 34.6 Å². The predicted molar refractivity (Wildman–Crippen MR) is 43.5 cm³/mol. The quantitative estimate of drug-likeness (QED) is 0.547. The molecule has 0 unspecified atom stereocenters. The van der Waals surface area contributed by atoms with Gasteiger partial charge in [-0.25, -0.2) is 0 Å². The number of hydrogen-bond donors (Lipinski definition) is 0. The minimum atomic E-state index is 0.847. The van der Waals surface area contributed by atoms with Gasteiger partial charge in [0.25, 0.3) is 0 Å². The molecule has 0 aromatic heterocycles. The lowest BCUT2D eigenvalue weighted by atomic mass is 9.85. The second-order valence-electron chi connectivity index (χ2n) is 3.49. The first-order valence-corrected chi connectivity index (χ1v) is 4.09. The summed E-state index contributed by atoms with van der Waals surface area (Å²) in [6.45, 7) is 11.6. The summed E-state index contributed by atoms with van der Waals surface area (Å²) < 4.78 is 0. The van der Waals surface area contributed by atoms with E-state index < -0.39 is 0 Å². The third-order valence-electron chi connectivity index (χ3n) is 2.59. The molecule has 0 fully saturated rings. The molecular weight excluding hydrogens is 108 g/mol. The first kappa shape index (κ1) is 9.00. The van der Waals surface area contributed by atoms with E-state index in [-0.39, 0.29) is 0 Å². The molecule has 0 spiro atoms. The number of rotatable bonds is 3. The molecule has 2 atom stereocenters. The van der Waals surface area contributed by atoms with E-state index in [1.54, 1.807) is 0 Å². The molecule has 0 aliphatic rings.